The summed E-state index contributed by atoms with van der Waals surface area (Å²) in [5, 5.41) is 3.11. The maximum absolute atomic E-state index is 12.7. The molecule has 1 amide bonds. The Labute approximate surface area is 131 Å². The van der Waals surface area contributed by atoms with Gasteiger partial charge in [-0.3, -0.25) is 9.59 Å². The lowest BCUT2D eigenvalue weighted by Crippen LogP contribution is -2.39. The highest BCUT2D eigenvalue weighted by molar-refractivity contribution is 5.95. The number of nitrogens with one attached hydrogen (secondary N) is 1. The summed E-state index contributed by atoms with van der Waals surface area (Å²) < 4.78 is 1.81. The number of aromatic nitrogens is 1. The van der Waals surface area contributed by atoms with E-state index in [0.717, 1.165) is 36.9 Å². The van der Waals surface area contributed by atoms with Crippen molar-refractivity contribution in [2.24, 2.45) is 0 Å². The molecule has 22 heavy (non-hydrogen) atoms. The topological polar surface area (TPSA) is 51.1 Å². The zero-order chi connectivity index (χ0) is 15.7. The number of hydrogen-bond donors (Lipinski definition) is 1. The summed E-state index contributed by atoms with van der Waals surface area (Å²) in [6.45, 7) is 3.83. The van der Waals surface area contributed by atoms with Gasteiger partial charge in [0.1, 0.15) is 5.56 Å². The van der Waals surface area contributed by atoms with Crippen molar-refractivity contribution in [2.45, 2.75) is 77.3 Å². The van der Waals surface area contributed by atoms with Crippen LogP contribution in [0.5, 0.6) is 0 Å². The molecule has 2 aliphatic rings. The Morgan fingerprint density at radius 1 is 1.09 bits per heavy atom. The fourth-order valence-electron chi connectivity index (χ4n) is 3.65. The van der Waals surface area contributed by atoms with Gasteiger partial charge in [-0.25, -0.2) is 0 Å². The molecule has 0 atom stereocenters. The molecule has 0 saturated heterocycles. The minimum atomic E-state index is -0.177. The lowest BCUT2D eigenvalue weighted by molar-refractivity contribution is 0.0930. The summed E-state index contributed by atoms with van der Waals surface area (Å²) in [6.07, 6.45) is 9.02. The van der Waals surface area contributed by atoms with Crippen molar-refractivity contribution in [3.05, 3.63) is 33.2 Å². The van der Waals surface area contributed by atoms with Crippen LogP contribution in [0.1, 0.15) is 79.0 Å². The Morgan fingerprint density at radius 2 is 1.73 bits per heavy atom. The van der Waals surface area contributed by atoms with Gasteiger partial charge in [-0.1, -0.05) is 25.7 Å². The molecule has 1 aromatic rings. The first-order valence-corrected chi connectivity index (χ1v) is 8.61. The Morgan fingerprint density at radius 3 is 2.32 bits per heavy atom. The summed E-state index contributed by atoms with van der Waals surface area (Å²) >= 11 is 0. The van der Waals surface area contributed by atoms with Crippen LogP contribution in [0, 0.1) is 13.8 Å². The van der Waals surface area contributed by atoms with Crippen LogP contribution in [-0.4, -0.2) is 16.5 Å². The molecule has 2 saturated carbocycles. The molecule has 0 bridgehead atoms. The maximum Gasteiger partial charge on any atom is 0.264 e. The highest BCUT2D eigenvalue weighted by Crippen LogP contribution is 2.34. The van der Waals surface area contributed by atoms with E-state index in [1.165, 1.54) is 25.7 Å². The van der Waals surface area contributed by atoms with Crippen molar-refractivity contribution in [2.75, 3.05) is 0 Å². The van der Waals surface area contributed by atoms with Crippen molar-refractivity contribution >= 4 is 5.91 Å². The number of hydrogen-bond acceptors (Lipinski definition) is 2. The third-order valence-electron chi connectivity index (χ3n) is 4.96. The van der Waals surface area contributed by atoms with Gasteiger partial charge in [-0.05, 0) is 51.2 Å². The predicted octanol–water partition coefficient (Wildman–Crippen LogP) is 3.25. The third kappa shape index (κ3) is 3.11. The Balaban J connectivity index is 1.85. The molecule has 0 aliphatic heterocycles. The van der Waals surface area contributed by atoms with E-state index in [2.05, 4.69) is 5.32 Å². The van der Waals surface area contributed by atoms with E-state index in [-0.39, 0.29) is 17.5 Å². The average molecular weight is 302 g/mol. The van der Waals surface area contributed by atoms with Gasteiger partial charge in [0.15, 0.2) is 0 Å². The number of pyridine rings is 1. The van der Waals surface area contributed by atoms with Crippen LogP contribution in [0.4, 0.5) is 0 Å². The van der Waals surface area contributed by atoms with Gasteiger partial charge >= 0.3 is 0 Å². The molecule has 120 valence electrons. The number of aryl methyl sites for hydroxylation is 2. The van der Waals surface area contributed by atoms with E-state index in [1.54, 1.807) is 0 Å². The largest absolute Gasteiger partial charge is 0.349 e. The van der Waals surface area contributed by atoms with Gasteiger partial charge < -0.3 is 9.88 Å². The zero-order valence-electron chi connectivity index (χ0n) is 13.7. The molecule has 0 radical (unpaired) electrons. The second-order valence-corrected chi connectivity index (χ2v) is 6.91. The molecule has 3 rings (SSSR count). The number of carbonyl (C=O) groups is 1. The molecule has 2 aliphatic carbocycles. The zero-order valence-corrected chi connectivity index (χ0v) is 13.7. The van der Waals surface area contributed by atoms with Crippen LogP contribution in [-0.2, 0) is 0 Å². The van der Waals surface area contributed by atoms with Crippen molar-refractivity contribution in [3.8, 4) is 0 Å². The predicted molar refractivity (Wildman–Crippen MR) is 87.4 cm³/mol. The van der Waals surface area contributed by atoms with Crippen molar-refractivity contribution < 1.29 is 4.79 Å². The van der Waals surface area contributed by atoms with Gasteiger partial charge in [0, 0.05) is 17.8 Å². The Hall–Kier alpha value is -1.58. The maximum atomic E-state index is 12.7. The smallest absolute Gasteiger partial charge is 0.264 e. The second kappa shape index (κ2) is 6.27. The number of nitrogens with zero attached hydrogens (tertiary/aromatic N) is 1. The summed E-state index contributed by atoms with van der Waals surface area (Å²) in [5.41, 5.74) is 2.01. The van der Waals surface area contributed by atoms with Gasteiger partial charge in [-0.15, -0.1) is 0 Å². The van der Waals surface area contributed by atoms with E-state index in [9.17, 15) is 9.59 Å². The van der Waals surface area contributed by atoms with Crippen LogP contribution in [0.15, 0.2) is 10.9 Å². The van der Waals surface area contributed by atoms with Crippen LogP contribution in [0.3, 0.4) is 0 Å². The van der Waals surface area contributed by atoms with Crippen LogP contribution in [0.2, 0.25) is 0 Å². The first-order chi connectivity index (χ1) is 10.6. The quantitative estimate of drug-likeness (QED) is 0.871. The number of carbonyl (C=O) groups excluding carboxylic acids is 1. The van der Waals surface area contributed by atoms with Crippen molar-refractivity contribution in [1.82, 2.24) is 9.88 Å². The molecule has 0 unspecified atom stereocenters. The van der Waals surface area contributed by atoms with Gasteiger partial charge in [0.2, 0.25) is 0 Å². The Kier molecular flexibility index (Phi) is 4.37. The van der Waals surface area contributed by atoms with Crippen LogP contribution >= 0.6 is 0 Å². The minimum absolute atomic E-state index is 0.105. The lowest BCUT2D eigenvalue weighted by Gasteiger charge is -2.18. The molecule has 2 fully saturated rings. The molecule has 4 nitrogen and oxygen atoms in total. The standard InChI is InChI=1S/C18H26N2O2/c1-12-11-13(2)20(15-9-10-15)18(22)16(12)17(21)19-14-7-5-3-4-6-8-14/h11,14-15H,3-10H2,1-2H3,(H,19,21). The number of amides is 1. The monoisotopic (exact) mass is 302 g/mol. The summed E-state index contributed by atoms with van der Waals surface area (Å²) in [7, 11) is 0. The van der Waals surface area contributed by atoms with Crippen molar-refractivity contribution in [3.63, 3.8) is 0 Å². The summed E-state index contributed by atoms with van der Waals surface area (Å²) in [6, 6.07) is 2.50. The fourth-order valence-corrected chi connectivity index (χ4v) is 3.65. The van der Waals surface area contributed by atoms with Crippen LogP contribution < -0.4 is 10.9 Å². The normalized spacial score (nSPS) is 19.7. The van der Waals surface area contributed by atoms with Gasteiger partial charge in [-0.2, -0.15) is 0 Å². The molecule has 0 aromatic carbocycles. The van der Waals surface area contributed by atoms with Gasteiger partial charge in [0.05, 0.1) is 0 Å². The SMILES string of the molecule is Cc1cc(C)n(C2CC2)c(=O)c1C(=O)NC1CCCCCC1. The summed E-state index contributed by atoms with van der Waals surface area (Å²) in [4.78, 5) is 25.4. The van der Waals surface area contributed by atoms with E-state index in [0.29, 0.717) is 11.6 Å². The molecular formula is C18H26N2O2. The van der Waals surface area contributed by atoms with E-state index >= 15 is 0 Å². The molecule has 0 spiro atoms. The molecule has 1 aromatic heterocycles. The average Bonchev–Trinajstić information content (AvgIpc) is 3.26. The summed E-state index contributed by atoms with van der Waals surface area (Å²) in [5.74, 6) is -0.177. The molecular weight excluding hydrogens is 276 g/mol. The fraction of sp³-hybridized carbons (Fsp3) is 0.667. The number of rotatable bonds is 3. The second-order valence-electron chi connectivity index (χ2n) is 6.91. The van der Waals surface area contributed by atoms with E-state index < -0.39 is 0 Å². The van der Waals surface area contributed by atoms with Crippen molar-refractivity contribution in [1.29, 1.82) is 0 Å². The van der Waals surface area contributed by atoms with Gasteiger partial charge in [0.25, 0.3) is 11.5 Å². The molecule has 1 N–H and O–H groups in total. The molecule has 1 heterocycles. The van der Waals surface area contributed by atoms with Crippen LogP contribution in [0.25, 0.3) is 0 Å². The van der Waals surface area contributed by atoms with E-state index in [1.807, 2.05) is 24.5 Å². The minimum Gasteiger partial charge on any atom is -0.349 e. The molecule has 4 heteroatoms. The van der Waals surface area contributed by atoms with E-state index in [4.69, 9.17) is 0 Å². The third-order valence-corrected chi connectivity index (χ3v) is 4.96. The first-order valence-electron chi connectivity index (χ1n) is 8.61. The highest BCUT2D eigenvalue weighted by Gasteiger charge is 2.29. The lowest BCUT2D eigenvalue weighted by atomic mass is 10.1. The Bertz CT molecular complexity index is 621. The highest BCUT2D eigenvalue weighted by atomic mass is 16.2. The first kappa shape index (κ1) is 15.3.